The molecule has 0 bridgehead atoms. The second-order valence-electron chi connectivity index (χ2n) is 6.80. The van der Waals surface area contributed by atoms with Crippen molar-refractivity contribution in [3.8, 4) is 5.75 Å². The highest BCUT2D eigenvalue weighted by atomic mass is 16.3. The maximum absolute atomic E-state index is 10.3. The summed E-state index contributed by atoms with van der Waals surface area (Å²) in [5.74, 6) is 0.979. The molecule has 0 spiro atoms. The Bertz CT molecular complexity index is 617. The molecule has 2 aromatic rings. The average molecular weight is 310 g/mol. The van der Waals surface area contributed by atoms with Crippen LogP contribution in [0.5, 0.6) is 5.75 Å². The van der Waals surface area contributed by atoms with Crippen LogP contribution in [0.1, 0.15) is 19.4 Å². The lowest BCUT2D eigenvalue weighted by Crippen LogP contribution is -2.53. The maximum Gasteiger partial charge on any atom is 0.139 e. The molecule has 1 saturated heterocycles. The fourth-order valence-electron chi connectivity index (χ4n) is 3.29. The van der Waals surface area contributed by atoms with E-state index in [1.807, 2.05) is 18.2 Å². The number of hydrogen-bond acceptors (Lipinski definition) is 3. The first-order chi connectivity index (χ1) is 11.1. The summed E-state index contributed by atoms with van der Waals surface area (Å²) in [5, 5.41) is 10.3. The first kappa shape index (κ1) is 15.9. The first-order valence-electron chi connectivity index (χ1n) is 8.41. The lowest BCUT2D eigenvalue weighted by atomic mass is 9.96. The minimum absolute atomic E-state index is 0.343. The van der Waals surface area contributed by atoms with E-state index in [9.17, 15) is 5.11 Å². The molecule has 0 saturated carbocycles. The van der Waals surface area contributed by atoms with Gasteiger partial charge in [-0.25, -0.2) is 0 Å². The standard InChI is InChI=1S/C20H26N2O/c1-15(2)21-12-17(13-21)14-22(18-9-5-4-8-16(18)3)19-10-6-7-11-20(19)23/h4-11,15,17,23H,12-14H2,1-3H3. The Kier molecular flexibility index (Phi) is 4.58. The molecule has 3 rings (SSSR count). The van der Waals surface area contributed by atoms with Crippen LogP contribution in [0.25, 0.3) is 0 Å². The molecular formula is C20H26N2O. The number of phenols is 1. The Hall–Kier alpha value is -2.00. The Morgan fingerprint density at radius 2 is 1.65 bits per heavy atom. The topological polar surface area (TPSA) is 26.7 Å². The molecule has 0 aromatic heterocycles. The second kappa shape index (κ2) is 6.63. The van der Waals surface area contributed by atoms with Gasteiger partial charge in [-0.3, -0.25) is 0 Å². The molecular weight excluding hydrogens is 284 g/mol. The Balaban J connectivity index is 1.86. The van der Waals surface area contributed by atoms with Crippen LogP contribution in [0.2, 0.25) is 0 Å². The average Bonchev–Trinajstić information content (AvgIpc) is 2.48. The Labute approximate surface area is 139 Å². The molecule has 3 nitrogen and oxygen atoms in total. The van der Waals surface area contributed by atoms with Crippen molar-refractivity contribution < 1.29 is 5.11 Å². The molecule has 0 amide bonds. The number of anilines is 2. The van der Waals surface area contributed by atoms with Crippen molar-refractivity contribution in [3.05, 3.63) is 54.1 Å². The number of likely N-dealkylation sites (tertiary alicyclic amines) is 1. The molecule has 0 radical (unpaired) electrons. The fraction of sp³-hybridized carbons (Fsp3) is 0.400. The van der Waals surface area contributed by atoms with Gasteiger partial charge in [-0.2, -0.15) is 0 Å². The second-order valence-corrected chi connectivity index (χ2v) is 6.80. The molecule has 2 aromatic carbocycles. The summed E-state index contributed by atoms with van der Waals surface area (Å²) in [7, 11) is 0. The highest BCUT2D eigenvalue weighted by Crippen LogP contribution is 2.36. The highest BCUT2D eigenvalue weighted by molar-refractivity contribution is 5.71. The quantitative estimate of drug-likeness (QED) is 0.897. The Morgan fingerprint density at radius 1 is 1.04 bits per heavy atom. The van der Waals surface area contributed by atoms with Crippen LogP contribution in [-0.2, 0) is 0 Å². The number of para-hydroxylation sites is 3. The van der Waals surface area contributed by atoms with E-state index in [0.717, 1.165) is 25.3 Å². The van der Waals surface area contributed by atoms with Crippen molar-refractivity contribution in [2.75, 3.05) is 24.5 Å². The smallest absolute Gasteiger partial charge is 0.139 e. The molecule has 122 valence electrons. The monoisotopic (exact) mass is 310 g/mol. The predicted molar refractivity (Wildman–Crippen MR) is 96.5 cm³/mol. The van der Waals surface area contributed by atoms with Crippen molar-refractivity contribution >= 4 is 11.4 Å². The van der Waals surface area contributed by atoms with Gasteiger partial charge in [-0.05, 0) is 44.5 Å². The number of rotatable bonds is 5. The fourth-order valence-corrected chi connectivity index (χ4v) is 3.29. The van der Waals surface area contributed by atoms with E-state index in [2.05, 4.69) is 54.8 Å². The number of phenolic OH excluding ortho intramolecular Hbond substituents is 1. The molecule has 0 aliphatic carbocycles. The van der Waals surface area contributed by atoms with Crippen molar-refractivity contribution in [1.82, 2.24) is 4.90 Å². The van der Waals surface area contributed by atoms with Crippen LogP contribution in [0.3, 0.4) is 0 Å². The summed E-state index contributed by atoms with van der Waals surface area (Å²) in [6.07, 6.45) is 0. The largest absolute Gasteiger partial charge is 0.506 e. The molecule has 23 heavy (non-hydrogen) atoms. The van der Waals surface area contributed by atoms with E-state index in [1.165, 1.54) is 11.3 Å². The Morgan fingerprint density at radius 3 is 2.26 bits per heavy atom. The molecule has 1 aliphatic heterocycles. The van der Waals surface area contributed by atoms with E-state index >= 15 is 0 Å². The third-order valence-electron chi connectivity index (χ3n) is 4.74. The summed E-state index contributed by atoms with van der Waals surface area (Å²) in [6, 6.07) is 16.6. The molecule has 0 unspecified atom stereocenters. The highest BCUT2D eigenvalue weighted by Gasteiger charge is 2.31. The van der Waals surface area contributed by atoms with Crippen LogP contribution < -0.4 is 4.90 Å². The summed E-state index contributed by atoms with van der Waals surface area (Å²) < 4.78 is 0. The molecule has 1 aliphatic rings. The van der Waals surface area contributed by atoms with Crippen LogP contribution in [0.15, 0.2) is 48.5 Å². The number of aromatic hydroxyl groups is 1. The summed E-state index contributed by atoms with van der Waals surface area (Å²) in [4.78, 5) is 4.76. The van der Waals surface area contributed by atoms with Gasteiger partial charge in [0.2, 0.25) is 0 Å². The zero-order valence-electron chi connectivity index (χ0n) is 14.2. The van der Waals surface area contributed by atoms with Crippen LogP contribution >= 0.6 is 0 Å². The van der Waals surface area contributed by atoms with E-state index < -0.39 is 0 Å². The zero-order valence-corrected chi connectivity index (χ0v) is 14.2. The van der Waals surface area contributed by atoms with E-state index in [1.54, 1.807) is 6.07 Å². The van der Waals surface area contributed by atoms with Gasteiger partial charge in [-0.1, -0.05) is 30.3 Å². The molecule has 1 N–H and O–H groups in total. The van der Waals surface area contributed by atoms with Gasteiger partial charge < -0.3 is 14.9 Å². The maximum atomic E-state index is 10.3. The molecule has 3 heteroatoms. The summed E-state index contributed by atoms with van der Waals surface area (Å²) in [5.41, 5.74) is 3.30. The van der Waals surface area contributed by atoms with Crippen molar-refractivity contribution in [2.24, 2.45) is 5.92 Å². The van der Waals surface area contributed by atoms with Gasteiger partial charge in [-0.15, -0.1) is 0 Å². The van der Waals surface area contributed by atoms with Crippen molar-refractivity contribution in [1.29, 1.82) is 0 Å². The molecule has 1 fully saturated rings. The van der Waals surface area contributed by atoms with Crippen LogP contribution in [0, 0.1) is 12.8 Å². The first-order valence-corrected chi connectivity index (χ1v) is 8.41. The van der Waals surface area contributed by atoms with Crippen LogP contribution in [-0.4, -0.2) is 35.7 Å². The lowest BCUT2D eigenvalue weighted by Gasteiger charge is -2.44. The molecule has 1 heterocycles. The lowest BCUT2D eigenvalue weighted by molar-refractivity contribution is 0.0728. The van der Waals surface area contributed by atoms with E-state index in [-0.39, 0.29) is 0 Å². The van der Waals surface area contributed by atoms with Gasteiger partial charge in [0, 0.05) is 37.3 Å². The minimum Gasteiger partial charge on any atom is -0.506 e. The van der Waals surface area contributed by atoms with Gasteiger partial charge in [0.05, 0.1) is 5.69 Å². The van der Waals surface area contributed by atoms with Gasteiger partial charge >= 0.3 is 0 Å². The van der Waals surface area contributed by atoms with Gasteiger partial charge in [0.15, 0.2) is 0 Å². The van der Waals surface area contributed by atoms with Gasteiger partial charge in [0.25, 0.3) is 0 Å². The summed E-state index contributed by atoms with van der Waals surface area (Å²) in [6.45, 7) is 9.83. The molecule has 0 atom stereocenters. The SMILES string of the molecule is Cc1ccccc1N(CC1CN(C(C)C)C1)c1ccccc1O. The number of nitrogens with zero attached hydrogens (tertiary/aromatic N) is 2. The predicted octanol–water partition coefficient (Wildman–Crippen LogP) is 4.18. The summed E-state index contributed by atoms with van der Waals surface area (Å²) >= 11 is 0. The number of benzene rings is 2. The van der Waals surface area contributed by atoms with E-state index in [0.29, 0.717) is 17.7 Å². The zero-order chi connectivity index (χ0) is 16.4. The van der Waals surface area contributed by atoms with E-state index in [4.69, 9.17) is 0 Å². The van der Waals surface area contributed by atoms with Gasteiger partial charge in [0.1, 0.15) is 5.75 Å². The minimum atomic E-state index is 0.343. The van der Waals surface area contributed by atoms with Crippen LogP contribution in [0.4, 0.5) is 11.4 Å². The van der Waals surface area contributed by atoms with Crippen molar-refractivity contribution in [2.45, 2.75) is 26.8 Å². The number of hydrogen-bond donors (Lipinski definition) is 1. The number of aryl methyl sites for hydroxylation is 1. The van der Waals surface area contributed by atoms with Crippen molar-refractivity contribution in [3.63, 3.8) is 0 Å². The normalized spacial score (nSPS) is 15.7. The third-order valence-corrected chi connectivity index (χ3v) is 4.74. The third kappa shape index (κ3) is 3.35.